The molecule has 2 atom stereocenters. The molecule has 1 N–H and O–H groups in total. The number of nitrogens with zero attached hydrogens (tertiary/aromatic N) is 1. The Kier molecular flexibility index (Phi) is 2.28. The third-order valence-electron chi connectivity index (χ3n) is 4.77. The second-order valence-corrected chi connectivity index (χ2v) is 5.95. The lowest BCUT2D eigenvalue weighted by atomic mass is 9.93. The molecule has 5 heteroatoms. The quantitative estimate of drug-likeness (QED) is 0.528. The highest BCUT2D eigenvalue weighted by Crippen LogP contribution is 2.55. The van der Waals surface area contributed by atoms with Gasteiger partial charge in [-0.15, -0.1) is 0 Å². The van der Waals surface area contributed by atoms with Gasteiger partial charge in [-0.25, -0.2) is 0 Å². The van der Waals surface area contributed by atoms with Crippen molar-refractivity contribution in [2.45, 2.75) is 19.3 Å². The molecule has 20 heavy (non-hydrogen) atoms. The topological polar surface area (TPSA) is 76.0 Å². The molecular formula is C15H14N2O3. The van der Waals surface area contributed by atoms with E-state index in [-0.39, 0.29) is 17.4 Å². The summed E-state index contributed by atoms with van der Waals surface area (Å²) < 4.78 is 0. The zero-order valence-corrected chi connectivity index (χ0v) is 10.8. The molecule has 2 unspecified atom stereocenters. The largest absolute Gasteiger partial charge is 0.355 e. The van der Waals surface area contributed by atoms with E-state index in [9.17, 15) is 14.9 Å². The molecule has 2 fully saturated rings. The molecular weight excluding hydrogens is 256 g/mol. The van der Waals surface area contributed by atoms with E-state index < -0.39 is 4.92 Å². The highest BCUT2D eigenvalue weighted by atomic mass is 16.6. The van der Waals surface area contributed by atoms with Crippen molar-refractivity contribution in [3.63, 3.8) is 0 Å². The van der Waals surface area contributed by atoms with Crippen molar-refractivity contribution >= 4 is 22.4 Å². The number of hydrogen-bond donors (Lipinski definition) is 1. The van der Waals surface area contributed by atoms with Crippen molar-refractivity contribution < 1.29 is 9.72 Å². The lowest BCUT2D eigenvalue weighted by Crippen LogP contribution is -2.12. The van der Waals surface area contributed by atoms with Gasteiger partial charge in [0.25, 0.3) is 5.69 Å². The third-order valence-corrected chi connectivity index (χ3v) is 4.77. The van der Waals surface area contributed by atoms with Crippen LogP contribution in [-0.2, 0) is 0 Å². The lowest BCUT2D eigenvalue weighted by Gasteiger charge is -2.09. The van der Waals surface area contributed by atoms with Gasteiger partial charge in [0.05, 0.1) is 4.92 Å². The van der Waals surface area contributed by atoms with Crippen LogP contribution in [0.3, 0.4) is 0 Å². The molecule has 4 rings (SSSR count). The zero-order chi connectivity index (χ0) is 13.9. The predicted octanol–water partition coefficient (Wildman–Crippen LogP) is 3.30. The first kappa shape index (κ1) is 11.6. The van der Waals surface area contributed by atoms with Gasteiger partial charge >= 0.3 is 0 Å². The molecule has 5 nitrogen and oxygen atoms in total. The minimum atomic E-state index is -0.419. The smallest absolute Gasteiger partial charge is 0.293 e. The van der Waals surface area contributed by atoms with E-state index in [1.807, 2.05) is 0 Å². The van der Waals surface area contributed by atoms with Gasteiger partial charge in [-0.2, -0.15) is 0 Å². The standard InChI is InChI=1S/C15H14N2O3/c18-15(10-5-8-4-9(8)6-10)12-7-16-14-11(12)2-1-3-13(14)17(19)20/h1-3,7-10,16H,4-6H2. The van der Waals surface area contributed by atoms with E-state index >= 15 is 0 Å². The zero-order valence-electron chi connectivity index (χ0n) is 10.8. The number of aromatic nitrogens is 1. The molecule has 2 aliphatic carbocycles. The fourth-order valence-electron chi connectivity index (χ4n) is 3.64. The second-order valence-electron chi connectivity index (χ2n) is 5.95. The molecule has 0 spiro atoms. The summed E-state index contributed by atoms with van der Waals surface area (Å²) in [5.74, 6) is 1.76. The Hall–Kier alpha value is -2.17. The van der Waals surface area contributed by atoms with Crippen LogP contribution in [0.1, 0.15) is 29.6 Å². The SMILES string of the molecule is O=C(c1c[nH]c2c([N+](=O)[O-])cccc12)C1CC2CC2C1. The van der Waals surface area contributed by atoms with Gasteiger partial charge < -0.3 is 4.98 Å². The van der Waals surface area contributed by atoms with Crippen LogP contribution in [0, 0.1) is 27.9 Å². The summed E-state index contributed by atoms with van der Waals surface area (Å²) >= 11 is 0. The highest BCUT2D eigenvalue weighted by molar-refractivity contribution is 6.10. The molecule has 0 saturated heterocycles. The molecule has 0 aliphatic heterocycles. The van der Waals surface area contributed by atoms with Crippen molar-refractivity contribution in [3.8, 4) is 0 Å². The van der Waals surface area contributed by atoms with Crippen molar-refractivity contribution in [1.29, 1.82) is 0 Å². The van der Waals surface area contributed by atoms with Crippen LogP contribution < -0.4 is 0 Å². The number of H-pyrrole nitrogens is 1. The number of non-ortho nitro benzene ring substituents is 1. The van der Waals surface area contributed by atoms with E-state index in [0.29, 0.717) is 16.5 Å². The van der Waals surface area contributed by atoms with Crippen molar-refractivity contribution in [1.82, 2.24) is 4.98 Å². The van der Waals surface area contributed by atoms with Gasteiger partial charge in [-0.05, 0) is 31.1 Å². The fraction of sp³-hybridized carbons (Fsp3) is 0.400. The van der Waals surface area contributed by atoms with Gasteiger partial charge in [0.15, 0.2) is 5.78 Å². The Balaban J connectivity index is 1.75. The van der Waals surface area contributed by atoms with Crippen LogP contribution in [0.15, 0.2) is 24.4 Å². The number of hydrogen-bond acceptors (Lipinski definition) is 3. The van der Waals surface area contributed by atoms with Gasteiger partial charge in [0.2, 0.25) is 0 Å². The first-order valence-corrected chi connectivity index (χ1v) is 6.94. The first-order valence-electron chi connectivity index (χ1n) is 6.94. The number of nitro groups is 1. The number of aromatic amines is 1. The number of carbonyl (C=O) groups excluding carboxylic acids is 1. The van der Waals surface area contributed by atoms with Crippen molar-refractivity contribution in [2.24, 2.45) is 17.8 Å². The van der Waals surface area contributed by atoms with Crippen molar-refractivity contribution in [3.05, 3.63) is 40.1 Å². The molecule has 0 radical (unpaired) electrons. The van der Waals surface area contributed by atoms with Gasteiger partial charge in [0, 0.05) is 29.1 Å². The molecule has 102 valence electrons. The number of rotatable bonds is 3. The van der Waals surface area contributed by atoms with Crippen LogP contribution in [0.5, 0.6) is 0 Å². The fourth-order valence-corrected chi connectivity index (χ4v) is 3.64. The molecule has 0 bridgehead atoms. The Morgan fingerprint density at radius 1 is 1.25 bits per heavy atom. The van der Waals surface area contributed by atoms with Crippen LogP contribution in [0.25, 0.3) is 10.9 Å². The van der Waals surface area contributed by atoms with Crippen molar-refractivity contribution in [2.75, 3.05) is 0 Å². The number of carbonyl (C=O) groups is 1. The Morgan fingerprint density at radius 2 is 2.00 bits per heavy atom. The first-order chi connectivity index (χ1) is 9.65. The molecule has 0 amide bonds. The van der Waals surface area contributed by atoms with E-state index in [1.165, 1.54) is 12.5 Å². The lowest BCUT2D eigenvalue weighted by molar-refractivity contribution is -0.383. The number of benzene rings is 1. The number of ketones is 1. The monoisotopic (exact) mass is 270 g/mol. The second kappa shape index (κ2) is 3.91. The molecule has 2 aliphatic rings. The summed E-state index contributed by atoms with van der Waals surface area (Å²) in [5, 5.41) is 11.7. The Bertz CT molecular complexity index is 724. The van der Waals surface area contributed by atoms with E-state index in [0.717, 1.165) is 24.7 Å². The maximum atomic E-state index is 12.6. The molecule has 1 heterocycles. The number of nitro benzene ring substituents is 1. The van der Waals surface area contributed by atoms with E-state index in [2.05, 4.69) is 4.98 Å². The van der Waals surface area contributed by atoms with E-state index in [4.69, 9.17) is 0 Å². The summed E-state index contributed by atoms with van der Waals surface area (Å²) in [7, 11) is 0. The minimum absolute atomic E-state index is 0.0239. The molecule has 1 aromatic carbocycles. The average molecular weight is 270 g/mol. The van der Waals surface area contributed by atoms with Crippen LogP contribution in [0.4, 0.5) is 5.69 Å². The van der Waals surface area contributed by atoms with Gasteiger partial charge in [0.1, 0.15) is 5.52 Å². The summed E-state index contributed by atoms with van der Waals surface area (Å²) in [6, 6.07) is 4.87. The third kappa shape index (κ3) is 1.59. The molecule has 2 saturated carbocycles. The van der Waals surface area contributed by atoms with Gasteiger partial charge in [-0.3, -0.25) is 14.9 Å². The number of nitrogens with one attached hydrogen (secondary N) is 1. The number of fused-ring (bicyclic) bond motifs is 2. The average Bonchev–Trinajstić information content (AvgIpc) is 2.89. The molecule has 1 aromatic heterocycles. The molecule has 2 aromatic rings. The van der Waals surface area contributed by atoms with Crippen LogP contribution in [-0.4, -0.2) is 15.7 Å². The number of Topliss-reactive ketones (excluding diaryl/α,β-unsaturated/α-hetero) is 1. The predicted molar refractivity (Wildman–Crippen MR) is 73.6 cm³/mol. The minimum Gasteiger partial charge on any atom is -0.355 e. The maximum absolute atomic E-state index is 12.6. The summed E-state index contributed by atoms with van der Waals surface area (Å²) in [5.41, 5.74) is 1.08. The van der Waals surface area contributed by atoms with Crippen LogP contribution in [0.2, 0.25) is 0 Å². The summed E-state index contributed by atoms with van der Waals surface area (Å²) in [4.78, 5) is 26.1. The normalized spacial score (nSPS) is 27.5. The summed E-state index contributed by atoms with van der Waals surface area (Å²) in [6.45, 7) is 0. The number of para-hydroxylation sites is 1. The Labute approximate surface area is 115 Å². The Morgan fingerprint density at radius 3 is 2.70 bits per heavy atom. The van der Waals surface area contributed by atoms with Crippen LogP contribution >= 0.6 is 0 Å². The summed E-state index contributed by atoms with van der Waals surface area (Å²) in [6.07, 6.45) is 4.89. The highest BCUT2D eigenvalue weighted by Gasteiger charge is 2.48. The van der Waals surface area contributed by atoms with Gasteiger partial charge in [-0.1, -0.05) is 12.1 Å². The van der Waals surface area contributed by atoms with E-state index in [1.54, 1.807) is 18.3 Å². The maximum Gasteiger partial charge on any atom is 0.293 e.